The maximum atomic E-state index is 13.1. The Labute approximate surface area is 163 Å². The zero-order valence-electron chi connectivity index (χ0n) is 16.1. The van der Waals surface area contributed by atoms with E-state index < -0.39 is 5.60 Å². The summed E-state index contributed by atoms with van der Waals surface area (Å²) in [6.45, 7) is 4.07. The number of piperidine rings is 1. The molecule has 7 nitrogen and oxygen atoms in total. The van der Waals surface area contributed by atoms with Gasteiger partial charge in [-0.05, 0) is 44.7 Å². The Morgan fingerprint density at radius 2 is 2.04 bits per heavy atom. The highest BCUT2D eigenvalue weighted by molar-refractivity contribution is 5.93. The molecule has 7 heteroatoms. The summed E-state index contributed by atoms with van der Waals surface area (Å²) < 4.78 is 7.64. The number of carbonyl (C=O) groups excluding carboxylic acids is 1. The molecule has 0 radical (unpaired) electrons. The topological polar surface area (TPSA) is 84.4 Å². The van der Waals surface area contributed by atoms with Gasteiger partial charge in [0.15, 0.2) is 5.89 Å². The van der Waals surface area contributed by atoms with Gasteiger partial charge in [-0.15, -0.1) is 0 Å². The third kappa shape index (κ3) is 2.73. The molecule has 0 spiro atoms. The van der Waals surface area contributed by atoms with Crippen LogP contribution in [-0.2, 0) is 6.54 Å². The number of amides is 1. The first kappa shape index (κ1) is 17.4. The maximum Gasteiger partial charge on any atom is 0.292 e. The highest BCUT2D eigenvalue weighted by atomic mass is 16.4. The van der Waals surface area contributed by atoms with Gasteiger partial charge in [-0.3, -0.25) is 9.78 Å². The predicted octanol–water partition coefficient (Wildman–Crippen LogP) is 2.84. The van der Waals surface area contributed by atoms with Crippen molar-refractivity contribution in [3.63, 3.8) is 0 Å². The molecule has 0 saturated carbocycles. The van der Waals surface area contributed by atoms with Crippen molar-refractivity contribution in [2.45, 2.75) is 63.8 Å². The number of rotatable bonds is 3. The molecule has 146 valence electrons. The van der Waals surface area contributed by atoms with Gasteiger partial charge in [0.1, 0.15) is 0 Å². The second-order valence-electron chi connectivity index (χ2n) is 8.26. The first-order valence-corrected chi connectivity index (χ1v) is 9.81. The van der Waals surface area contributed by atoms with E-state index in [1.165, 1.54) is 0 Å². The van der Waals surface area contributed by atoms with Crippen molar-refractivity contribution in [3.8, 4) is 0 Å². The first-order valence-electron chi connectivity index (χ1n) is 9.81. The Morgan fingerprint density at radius 3 is 2.71 bits per heavy atom. The highest BCUT2D eigenvalue weighted by Gasteiger charge is 2.50. The molecular weight excluding hydrogens is 356 g/mol. The van der Waals surface area contributed by atoms with Crippen LogP contribution in [0.5, 0.6) is 0 Å². The van der Waals surface area contributed by atoms with E-state index in [0.29, 0.717) is 36.7 Å². The van der Waals surface area contributed by atoms with Crippen molar-refractivity contribution in [2.75, 3.05) is 0 Å². The van der Waals surface area contributed by atoms with Crippen LogP contribution in [0, 0.1) is 13.8 Å². The summed E-state index contributed by atoms with van der Waals surface area (Å²) in [4.78, 5) is 23.5. The molecule has 1 N–H and O–H groups in total. The van der Waals surface area contributed by atoms with Gasteiger partial charge in [0.2, 0.25) is 5.76 Å². The summed E-state index contributed by atoms with van der Waals surface area (Å²) in [5.74, 6) is 0.750. The number of aliphatic hydroxyl groups is 1. The first-order chi connectivity index (χ1) is 13.4. The number of aryl methyl sites for hydroxylation is 2. The summed E-state index contributed by atoms with van der Waals surface area (Å²) in [6, 6.07) is 4.08. The second kappa shape index (κ2) is 6.17. The molecule has 3 aromatic rings. The van der Waals surface area contributed by atoms with Gasteiger partial charge in [0.25, 0.3) is 5.91 Å². The molecule has 2 bridgehead atoms. The van der Waals surface area contributed by atoms with E-state index in [1.807, 2.05) is 29.4 Å². The predicted molar refractivity (Wildman–Crippen MR) is 103 cm³/mol. The summed E-state index contributed by atoms with van der Waals surface area (Å²) in [6.07, 6.45) is 8.59. The standard InChI is InChI=1S/C21H24N4O3/c1-13-19(28-14(2)23-13)20(26)25-16-3-4-17(25)10-21(27,9-16)12-24-8-6-15-5-7-22-11-18(15)24/h5-8,11,16-17,27H,3-4,9-10,12H2,1-2H3/t16-,17-/m1/s1. The molecule has 3 aromatic heterocycles. The Bertz CT molecular complexity index is 1040. The number of nitrogens with zero attached hydrogens (tertiary/aromatic N) is 4. The van der Waals surface area contributed by atoms with Crippen molar-refractivity contribution in [1.82, 2.24) is 19.4 Å². The molecule has 2 aliphatic rings. The third-order valence-corrected chi connectivity index (χ3v) is 6.22. The van der Waals surface area contributed by atoms with Gasteiger partial charge in [-0.2, -0.15) is 0 Å². The lowest BCUT2D eigenvalue weighted by Crippen LogP contribution is -2.54. The largest absolute Gasteiger partial charge is 0.436 e. The number of pyridine rings is 1. The Kier molecular flexibility index (Phi) is 3.84. The van der Waals surface area contributed by atoms with Gasteiger partial charge in [0.05, 0.1) is 29.6 Å². The SMILES string of the molecule is Cc1nc(C)c(C(=O)N2[C@@H]3CC[C@@H]2CC(O)(Cn2ccc4ccncc42)C3)o1. The lowest BCUT2D eigenvalue weighted by Gasteiger charge is -2.43. The van der Waals surface area contributed by atoms with Crippen LogP contribution in [0.2, 0.25) is 0 Å². The molecular formula is C21H24N4O3. The number of carbonyl (C=O) groups is 1. The van der Waals surface area contributed by atoms with Gasteiger partial charge in [0, 0.05) is 36.8 Å². The van der Waals surface area contributed by atoms with Gasteiger partial charge in [-0.25, -0.2) is 4.98 Å². The quantitative estimate of drug-likeness (QED) is 0.755. The van der Waals surface area contributed by atoms with Crippen molar-refractivity contribution >= 4 is 16.8 Å². The highest BCUT2D eigenvalue weighted by Crippen LogP contribution is 2.42. The lowest BCUT2D eigenvalue weighted by atomic mass is 9.85. The molecule has 2 fully saturated rings. The Balaban J connectivity index is 1.39. The average molecular weight is 380 g/mol. The third-order valence-electron chi connectivity index (χ3n) is 6.22. The molecule has 0 aromatic carbocycles. The molecule has 5 heterocycles. The fraction of sp³-hybridized carbons (Fsp3) is 0.476. The van der Waals surface area contributed by atoms with Crippen LogP contribution in [0.25, 0.3) is 10.9 Å². The van der Waals surface area contributed by atoms with Crippen LogP contribution in [0.4, 0.5) is 0 Å². The van der Waals surface area contributed by atoms with Crippen LogP contribution in [-0.4, -0.2) is 48.1 Å². The monoisotopic (exact) mass is 380 g/mol. The Hall–Kier alpha value is -2.67. The number of hydrogen-bond donors (Lipinski definition) is 1. The number of fused-ring (bicyclic) bond motifs is 3. The summed E-state index contributed by atoms with van der Waals surface area (Å²) in [5.41, 5.74) is 0.820. The summed E-state index contributed by atoms with van der Waals surface area (Å²) in [7, 11) is 0. The maximum absolute atomic E-state index is 13.1. The van der Waals surface area contributed by atoms with Crippen molar-refractivity contribution in [1.29, 1.82) is 0 Å². The fourth-order valence-electron chi connectivity index (χ4n) is 5.11. The minimum absolute atomic E-state index is 0.0287. The van der Waals surface area contributed by atoms with E-state index in [4.69, 9.17) is 4.42 Å². The minimum atomic E-state index is -0.837. The van der Waals surface area contributed by atoms with E-state index in [0.717, 1.165) is 23.7 Å². The summed E-state index contributed by atoms with van der Waals surface area (Å²) >= 11 is 0. The average Bonchev–Trinajstić information content (AvgIpc) is 3.29. The van der Waals surface area contributed by atoms with Crippen LogP contribution in [0.3, 0.4) is 0 Å². The minimum Gasteiger partial charge on any atom is -0.436 e. The van der Waals surface area contributed by atoms with Gasteiger partial charge < -0.3 is 19.0 Å². The van der Waals surface area contributed by atoms with Crippen LogP contribution in [0.15, 0.2) is 35.1 Å². The molecule has 2 atom stereocenters. The zero-order valence-corrected chi connectivity index (χ0v) is 16.1. The van der Waals surface area contributed by atoms with E-state index >= 15 is 0 Å². The molecule has 0 aliphatic carbocycles. The normalized spacial score (nSPS) is 26.9. The molecule has 1 amide bonds. The molecule has 2 saturated heterocycles. The Morgan fingerprint density at radius 1 is 1.29 bits per heavy atom. The van der Waals surface area contributed by atoms with Gasteiger partial charge in [-0.1, -0.05) is 0 Å². The van der Waals surface area contributed by atoms with Crippen molar-refractivity contribution in [2.24, 2.45) is 0 Å². The smallest absolute Gasteiger partial charge is 0.292 e. The number of hydrogen-bond acceptors (Lipinski definition) is 5. The van der Waals surface area contributed by atoms with Crippen LogP contribution < -0.4 is 0 Å². The lowest BCUT2D eigenvalue weighted by molar-refractivity contribution is -0.0539. The van der Waals surface area contributed by atoms with E-state index in [9.17, 15) is 9.90 Å². The van der Waals surface area contributed by atoms with E-state index in [2.05, 4.69) is 14.5 Å². The van der Waals surface area contributed by atoms with Crippen LogP contribution >= 0.6 is 0 Å². The van der Waals surface area contributed by atoms with Crippen LogP contribution in [0.1, 0.15) is 47.8 Å². The van der Waals surface area contributed by atoms with E-state index in [-0.39, 0.29) is 18.0 Å². The summed E-state index contributed by atoms with van der Waals surface area (Å²) in [5, 5.41) is 12.5. The molecule has 0 unspecified atom stereocenters. The van der Waals surface area contributed by atoms with Crippen molar-refractivity contribution in [3.05, 3.63) is 48.1 Å². The van der Waals surface area contributed by atoms with Crippen molar-refractivity contribution < 1.29 is 14.3 Å². The fourth-order valence-corrected chi connectivity index (χ4v) is 5.11. The van der Waals surface area contributed by atoms with Gasteiger partial charge >= 0.3 is 0 Å². The molecule has 5 rings (SSSR count). The number of aromatic nitrogens is 3. The zero-order chi connectivity index (χ0) is 19.5. The van der Waals surface area contributed by atoms with E-state index in [1.54, 1.807) is 20.0 Å². The molecule has 2 aliphatic heterocycles. The second-order valence-corrected chi connectivity index (χ2v) is 8.26. The molecule has 28 heavy (non-hydrogen) atoms. The number of oxazole rings is 1.